The van der Waals surface area contributed by atoms with Gasteiger partial charge in [0.1, 0.15) is 18.2 Å². The van der Waals surface area contributed by atoms with E-state index in [2.05, 4.69) is 27.2 Å². The van der Waals surface area contributed by atoms with E-state index in [-0.39, 0.29) is 11.9 Å². The van der Waals surface area contributed by atoms with Crippen LogP contribution in [-0.2, 0) is 4.84 Å². The fourth-order valence-electron chi connectivity index (χ4n) is 4.69. The van der Waals surface area contributed by atoms with Crippen molar-refractivity contribution in [2.45, 2.75) is 32.2 Å². The fraction of sp³-hybridized carbons (Fsp3) is 0.308. The molecule has 0 spiro atoms. The van der Waals surface area contributed by atoms with Crippen molar-refractivity contribution in [1.29, 1.82) is 0 Å². The Hall–Kier alpha value is -3.32. The SMILES string of the molecule is COc1cc(C=C2CCCN3C2=NOCC[C@@H]3c2cc(F)cc(Cl)c2)ccc1-n1cnc(C)c1. The summed E-state index contributed by atoms with van der Waals surface area (Å²) in [5.41, 5.74) is 4.79. The number of ether oxygens (including phenoxy) is 1. The lowest BCUT2D eigenvalue weighted by atomic mass is 9.95. The zero-order valence-electron chi connectivity index (χ0n) is 19.2. The molecule has 1 fully saturated rings. The lowest BCUT2D eigenvalue weighted by Gasteiger charge is -2.36. The van der Waals surface area contributed by atoms with Crippen LogP contribution in [0.4, 0.5) is 4.39 Å². The molecule has 2 aliphatic heterocycles. The number of piperidine rings is 1. The molecule has 2 aliphatic rings. The van der Waals surface area contributed by atoms with Crippen molar-refractivity contribution in [2.75, 3.05) is 20.3 Å². The zero-order chi connectivity index (χ0) is 23.7. The molecule has 0 bridgehead atoms. The van der Waals surface area contributed by atoms with E-state index in [1.165, 1.54) is 6.07 Å². The highest BCUT2D eigenvalue weighted by molar-refractivity contribution is 6.30. The first-order chi connectivity index (χ1) is 16.5. The molecule has 3 aromatic rings. The number of fused-ring (bicyclic) bond motifs is 1. The Bertz CT molecular complexity index is 1250. The van der Waals surface area contributed by atoms with E-state index in [4.69, 9.17) is 21.2 Å². The van der Waals surface area contributed by atoms with Crippen LogP contribution in [0.25, 0.3) is 11.8 Å². The molecule has 3 heterocycles. The summed E-state index contributed by atoms with van der Waals surface area (Å²) in [6.45, 7) is 3.23. The second kappa shape index (κ2) is 9.50. The van der Waals surface area contributed by atoms with Crippen LogP contribution in [0.5, 0.6) is 5.75 Å². The van der Waals surface area contributed by atoms with Crippen molar-refractivity contribution in [1.82, 2.24) is 14.5 Å². The van der Waals surface area contributed by atoms with E-state index in [9.17, 15) is 4.39 Å². The third-order valence-electron chi connectivity index (χ3n) is 6.22. The van der Waals surface area contributed by atoms with Crippen molar-refractivity contribution >= 4 is 23.5 Å². The molecule has 176 valence electrons. The molecule has 5 rings (SSSR count). The van der Waals surface area contributed by atoms with Gasteiger partial charge in [0.15, 0.2) is 5.84 Å². The van der Waals surface area contributed by atoms with Gasteiger partial charge in [-0.05, 0) is 72.9 Å². The predicted octanol–water partition coefficient (Wildman–Crippen LogP) is 5.94. The number of halogens is 2. The van der Waals surface area contributed by atoms with Gasteiger partial charge in [-0.3, -0.25) is 0 Å². The third-order valence-corrected chi connectivity index (χ3v) is 6.44. The van der Waals surface area contributed by atoms with Gasteiger partial charge in [0.2, 0.25) is 0 Å². The smallest absolute Gasteiger partial charge is 0.171 e. The van der Waals surface area contributed by atoms with Gasteiger partial charge in [-0.25, -0.2) is 9.37 Å². The van der Waals surface area contributed by atoms with Gasteiger partial charge in [0, 0.05) is 24.2 Å². The van der Waals surface area contributed by atoms with Crippen molar-refractivity contribution in [3.8, 4) is 11.4 Å². The molecule has 34 heavy (non-hydrogen) atoms. The van der Waals surface area contributed by atoms with Gasteiger partial charge in [-0.1, -0.05) is 22.8 Å². The van der Waals surface area contributed by atoms with E-state index >= 15 is 0 Å². The maximum Gasteiger partial charge on any atom is 0.171 e. The number of methoxy groups -OCH3 is 1. The number of hydrogen-bond acceptors (Lipinski definition) is 5. The van der Waals surface area contributed by atoms with E-state index < -0.39 is 0 Å². The first kappa shape index (κ1) is 22.5. The zero-order valence-corrected chi connectivity index (χ0v) is 19.9. The summed E-state index contributed by atoms with van der Waals surface area (Å²) in [4.78, 5) is 12.1. The van der Waals surface area contributed by atoms with Crippen molar-refractivity contribution in [3.05, 3.63) is 82.2 Å². The fourth-order valence-corrected chi connectivity index (χ4v) is 4.92. The highest BCUT2D eigenvalue weighted by Gasteiger charge is 2.31. The summed E-state index contributed by atoms with van der Waals surface area (Å²) in [7, 11) is 1.67. The molecule has 0 saturated carbocycles. The van der Waals surface area contributed by atoms with E-state index in [1.54, 1.807) is 19.5 Å². The molecule has 0 radical (unpaired) electrons. The minimum Gasteiger partial charge on any atom is -0.495 e. The molecule has 0 N–H and O–H groups in total. The maximum absolute atomic E-state index is 14.1. The highest BCUT2D eigenvalue weighted by Crippen LogP contribution is 2.35. The molecular formula is C26H26ClFN4O2. The van der Waals surface area contributed by atoms with Crippen LogP contribution in [0.15, 0.2) is 59.7 Å². The van der Waals surface area contributed by atoms with Crippen molar-refractivity contribution < 1.29 is 14.0 Å². The van der Waals surface area contributed by atoms with Crippen LogP contribution in [0.2, 0.25) is 5.02 Å². The Morgan fingerprint density at radius 2 is 2.12 bits per heavy atom. The summed E-state index contributed by atoms with van der Waals surface area (Å²) in [5.74, 6) is 1.22. The first-order valence-corrected chi connectivity index (χ1v) is 11.7. The molecule has 1 saturated heterocycles. The van der Waals surface area contributed by atoms with Crippen LogP contribution in [0, 0.1) is 12.7 Å². The van der Waals surface area contributed by atoms with E-state index in [1.807, 2.05) is 35.9 Å². The Labute approximate surface area is 203 Å². The highest BCUT2D eigenvalue weighted by atomic mass is 35.5. The van der Waals surface area contributed by atoms with Crippen LogP contribution in [0.3, 0.4) is 0 Å². The lowest BCUT2D eigenvalue weighted by Crippen LogP contribution is -2.39. The Morgan fingerprint density at radius 1 is 1.24 bits per heavy atom. The van der Waals surface area contributed by atoms with Crippen molar-refractivity contribution in [3.63, 3.8) is 0 Å². The summed E-state index contributed by atoms with van der Waals surface area (Å²) in [5, 5.41) is 4.85. The van der Waals surface area contributed by atoms with E-state index in [0.29, 0.717) is 18.1 Å². The Kier molecular flexibility index (Phi) is 6.28. The average molecular weight is 481 g/mol. The molecular weight excluding hydrogens is 455 g/mol. The summed E-state index contributed by atoms with van der Waals surface area (Å²) < 4.78 is 21.7. The van der Waals surface area contributed by atoms with Crippen LogP contribution in [0.1, 0.15) is 42.1 Å². The molecule has 1 aromatic heterocycles. The van der Waals surface area contributed by atoms with E-state index in [0.717, 1.165) is 59.1 Å². The number of hydrogen-bond donors (Lipinski definition) is 0. The predicted molar refractivity (Wildman–Crippen MR) is 131 cm³/mol. The standard InChI is InChI=1S/C26H26ClFN4O2/c1-17-15-31(16-29-17)24-6-5-18(11-25(24)33-2)10-19-4-3-8-32-23(7-9-34-30-26(19)32)20-12-21(27)14-22(28)13-20/h5-6,10-16,23H,3-4,7-9H2,1-2H3/t23-/m1/s1. The summed E-state index contributed by atoms with van der Waals surface area (Å²) in [6, 6.07) is 10.8. The molecule has 2 aromatic carbocycles. The van der Waals surface area contributed by atoms with Gasteiger partial charge in [-0.2, -0.15) is 0 Å². The Morgan fingerprint density at radius 3 is 2.88 bits per heavy atom. The molecule has 1 atom stereocenters. The molecule has 8 heteroatoms. The van der Waals surface area contributed by atoms with Gasteiger partial charge < -0.3 is 19.0 Å². The molecule has 0 unspecified atom stereocenters. The minimum atomic E-state index is -0.334. The average Bonchev–Trinajstić information content (AvgIpc) is 3.12. The number of benzene rings is 2. The van der Waals surface area contributed by atoms with Crippen molar-refractivity contribution in [2.24, 2.45) is 5.16 Å². The summed E-state index contributed by atoms with van der Waals surface area (Å²) in [6.07, 6.45) is 8.41. The topological polar surface area (TPSA) is 51.9 Å². The second-order valence-electron chi connectivity index (χ2n) is 8.58. The van der Waals surface area contributed by atoms with Crippen LogP contribution < -0.4 is 4.74 Å². The first-order valence-electron chi connectivity index (χ1n) is 11.3. The number of rotatable bonds is 4. The summed E-state index contributed by atoms with van der Waals surface area (Å²) >= 11 is 6.16. The van der Waals surface area contributed by atoms with Crippen LogP contribution in [-0.4, -0.2) is 40.5 Å². The van der Waals surface area contributed by atoms with Crippen LogP contribution >= 0.6 is 11.6 Å². The van der Waals surface area contributed by atoms with Gasteiger partial charge >= 0.3 is 0 Å². The Balaban J connectivity index is 1.48. The largest absolute Gasteiger partial charge is 0.495 e. The quantitative estimate of drug-likeness (QED) is 0.464. The number of oxime groups is 1. The molecule has 0 amide bonds. The minimum absolute atomic E-state index is 0.0560. The normalized spacial score (nSPS) is 19.3. The lowest BCUT2D eigenvalue weighted by molar-refractivity contribution is 0.140. The number of nitrogens with zero attached hydrogens (tertiary/aromatic N) is 4. The monoisotopic (exact) mass is 480 g/mol. The van der Waals surface area contributed by atoms with Gasteiger partial charge in [0.05, 0.1) is 30.9 Å². The van der Waals surface area contributed by atoms with Gasteiger partial charge in [0.25, 0.3) is 0 Å². The number of aryl methyl sites for hydroxylation is 1. The maximum atomic E-state index is 14.1. The number of imidazole rings is 1. The number of amidine groups is 1. The molecule has 0 aliphatic carbocycles. The second-order valence-corrected chi connectivity index (χ2v) is 9.01. The van der Waals surface area contributed by atoms with Gasteiger partial charge in [-0.15, -0.1) is 0 Å². The number of aromatic nitrogens is 2. The molecule has 6 nitrogen and oxygen atoms in total. The third kappa shape index (κ3) is 4.53.